The van der Waals surface area contributed by atoms with Crippen LogP contribution >= 0.6 is 38.5 Å². The molecule has 0 unspecified atom stereocenters. The van der Waals surface area contributed by atoms with Crippen molar-refractivity contribution in [1.82, 2.24) is 0 Å². The highest BCUT2D eigenvalue weighted by Gasteiger charge is 2.11. The highest BCUT2D eigenvalue weighted by atomic mass is 127. The van der Waals surface area contributed by atoms with Crippen LogP contribution in [0.5, 0.6) is 5.75 Å². The number of carbonyl (C=O) groups is 1. The third kappa shape index (κ3) is 3.82. The summed E-state index contributed by atoms with van der Waals surface area (Å²) >= 11 is 5.67. The van der Waals surface area contributed by atoms with Crippen LogP contribution in [0.3, 0.4) is 0 Å². The number of ketones is 1. The Labute approximate surface area is 140 Å². The molecule has 0 N–H and O–H groups in total. The lowest BCUT2D eigenvalue weighted by Crippen LogP contribution is -2.02. The van der Waals surface area contributed by atoms with Crippen molar-refractivity contribution >= 4 is 44.3 Å². The van der Waals surface area contributed by atoms with E-state index in [0.717, 1.165) is 20.2 Å². The van der Waals surface area contributed by atoms with Crippen LogP contribution in [0.4, 0.5) is 0 Å². The quantitative estimate of drug-likeness (QED) is 0.475. The molecule has 104 valence electrons. The average Bonchev–Trinajstić information content (AvgIpc) is 2.46. The SMILES string of the molecule is CCCOc1ccc(C(=O)c2ccc(I)cc2)cc1Br. The smallest absolute Gasteiger partial charge is 0.193 e. The fourth-order valence-electron chi connectivity index (χ4n) is 1.74. The van der Waals surface area contributed by atoms with Crippen molar-refractivity contribution in [2.45, 2.75) is 13.3 Å². The van der Waals surface area contributed by atoms with E-state index >= 15 is 0 Å². The molecule has 20 heavy (non-hydrogen) atoms. The number of benzene rings is 2. The number of halogens is 2. The zero-order chi connectivity index (χ0) is 14.5. The largest absolute Gasteiger partial charge is 0.492 e. The van der Waals surface area contributed by atoms with Gasteiger partial charge in [-0.15, -0.1) is 0 Å². The minimum atomic E-state index is 0.0177. The zero-order valence-electron chi connectivity index (χ0n) is 11.0. The van der Waals surface area contributed by atoms with E-state index in [0.29, 0.717) is 17.7 Å². The Hall–Kier alpha value is -0.880. The second-order valence-corrected chi connectivity index (χ2v) is 6.43. The first-order chi connectivity index (χ1) is 9.61. The Morgan fingerprint density at radius 1 is 1.15 bits per heavy atom. The maximum atomic E-state index is 12.4. The monoisotopic (exact) mass is 444 g/mol. The fraction of sp³-hybridized carbons (Fsp3) is 0.188. The van der Waals surface area contributed by atoms with E-state index < -0.39 is 0 Å². The van der Waals surface area contributed by atoms with Crippen LogP contribution in [-0.4, -0.2) is 12.4 Å². The lowest BCUT2D eigenvalue weighted by Gasteiger charge is -2.08. The van der Waals surface area contributed by atoms with Gasteiger partial charge in [-0.1, -0.05) is 6.92 Å². The molecule has 0 aliphatic heterocycles. The molecule has 0 aliphatic rings. The van der Waals surface area contributed by atoms with Crippen LogP contribution < -0.4 is 4.74 Å². The minimum absolute atomic E-state index is 0.0177. The van der Waals surface area contributed by atoms with Crippen molar-refractivity contribution in [1.29, 1.82) is 0 Å². The van der Waals surface area contributed by atoms with E-state index in [1.165, 1.54) is 0 Å². The first-order valence-electron chi connectivity index (χ1n) is 6.34. The van der Waals surface area contributed by atoms with E-state index in [1.807, 2.05) is 36.4 Å². The summed E-state index contributed by atoms with van der Waals surface area (Å²) < 4.78 is 7.51. The molecule has 0 heterocycles. The summed E-state index contributed by atoms with van der Waals surface area (Å²) in [5.74, 6) is 0.787. The van der Waals surface area contributed by atoms with Gasteiger partial charge in [0.1, 0.15) is 5.75 Å². The summed E-state index contributed by atoms with van der Waals surface area (Å²) in [6.45, 7) is 2.73. The van der Waals surface area contributed by atoms with E-state index in [9.17, 15) is 4.79 Å². The van der Waals surface area contributed by atoms with Crippen molar-refractivity contribution < 1.29 is 9.53 Å². The normalized spacial score (nSPS) is 10.3. The van der Waals surface area contributed by atoms with Gasteiger partial charge in [0, 0.05) is 14.7 Å². The van der Waals surface area contributed by atoms with Crippen LogP contribution in [0.1, 0.15) is 29.3 Å². The topological polar surface area (TPSA) is 26.3 Å². The second-order valence-electron chi connectivity index (χ2n) is 4.33. The van der Waals surface area contributed by atoms with E-state index in [-0.39, 0.29) is 5.78 Å². The van der Waals surface area contributed by atoms with Crippen molar-refractivity contribution in [3.8, 4) is 5.75 Å². The zero-order valence-corrected chi connectivity index (χ0v) is 14.8. The van der Waals surface area contributed by atoms with Crippen molar-refractivity contribution in [2.75, 3.05) is 6.61 Å². The van der Waals surface area contributed by atoms with Gasteiger partial charge >= 0.3 is 0 Å². The number of ether oxygens (including phenoxy) is 1. The third-order valence-corrected chi connectivity index (χ3v) is 4.10. The van der Waals surface area contributed by atoms with Crippen molar-refractivity contribution in [3.05, 3.63) is 61.6 Å². The molecule has 0 spiro atoms. The molecule has 2 rings (SSSR count). The van der Waals surface area contributed by atoms with Gasteiger partial charge in [0.05, 0.1) is 11.1 Å². The van der Waals surface area contributed by atoms with Gasteiger partial charge in [-0.2, -0.15) is 0 Å². The van der Waals surface area contributed by atoms with Crippen molar-refractivity contribution in [3.63, 3.8) is 0 Å². The van der Waals surface area contributed by atoms with Gasteiger partial charge in [-0.3, -0.25) is 4.79 Å². The molecule has 0 fully saturated rings. The number of rotatable bonds is 5. The summed E-state index contributed by atoms with van der Waals surface area (Å²) in [6, 6.07) is 13.0. The number of carbonyl (C=O) groups excluding carboxylic acids is 1. The molecule has 2 aromatic carbocycles. The molecule has 2 aromatic rings. The molecule has 2 nitrogen and oxygen atoms in total. The lowest BCUT2D eigenvalue weighted by atomic mass is 10.0. The minimum Gasteiger partial charge on any atom is -0.492 e. The van der Waals surface area contributed by atoms with Crippen LogP contribution in [0.2, 0.25) is 0 Å². The molecule has 0 saturated carbocycles. The fourth-order valence-corrected chi connectivity index (χ4v) is 2.59. The number of hydrogen-bond acceptors (Lipinski definition) is 2. The maximum Gasteiger partial charge on any atom is 0.193 e. The number of hydrogen-bond donors (Lipinski definition) is 0. The molecular formula is C16H14BrIO2. The third-order valence-electron chi connectivity index (χ3n) is 2.76. The van der Waals surface area contributed by atoms with Gasteiger partial charge in [-0.25, -0.2) is 0 Å². The summed E-state index contributed by atoms with van der Waals surface area (Å²) in [7, 11) is 0. The highest BCUT2D eigenvalue weighted by Crippen LogP contribution is 2.27. The Morgan fingerprint density at radius 2 is 1.80 bits per heavy atom. The molecular weight excluding hydrogens is 431 g/mol. The standard InChI is InChI=1S/C16H14BrIO2/c1-2-9-20-15-8-5-12(10-14(15)17)16(19)11-3-6-13(18)7-4-11/h3-8,10H,2,9H2,1H3. The molecule has 4 heteroatoms. The van der Waals surface area contributed by atoms with E-state index in [2.05, 4.69) is 45.4 Å². The van der Waals surface area contributed by atoms with Crippen LogP contribution in [0.25, 0.3) is 0 Å². The summed E-state index contributed by atoms with van der Waals surface area (Å²) in [4.78, 5) is 12.4. The van der Waals surface area contributed by atoms with Gasteiger partial charge in [0.2, 0.25) is 0 Å². The molecule has 0 radical (unpaired) electrons. The molecule has 0 aliphatic carbocycles. The van der Waals surface area contributed by atoms with E-state index in [1.54, 1.807) is 6.07 Å². The summed E-state index contributed by atoms with van der Waals surface area (Å²) in [6.07, 6.45) is 0.954. The predicted octanol–water partition coefficient (Wildman–Crippen LogP) is 5.07. The van der Waals surface area contributed by atoms with Crippen LogP contribution in [0, 0.1) is 3.57 Å². The Balaban J connectivity index is 2.22. The van der Waals surface area contributed by atoms with Crippen LogP contribution in [-0.2, 0) is 0 Å². The first-order valence-corrected chi connectivity index (χ1v) is 8.21. The molecule has 0 bridgehead atoms. The Morgan fingerprint density at radius 3 is 2.40 bits per heavy atom. The predicted molar refractivity (Wildman–Crippen MR) is 92.5 cm³/mol. The highest BCUT2D eigenvalue weighted by molar-refractivity contribution is 14.1. The molecule has 0 amide bonds. The van der Waals surface area contributed by atoms with Gasteiger partial charge in [0.25, 0.3) is 0 Å². The molecule has 0 atom stereocenters. The first kappa shape index (κ1) is 15.5. The molecule has 0 saturated heterocycles. The van der Waals surface area contributed by atoms with Gasteiger partial charge in [-0.05, 0) is 87.4 Å². The summed E-state index contributed by atoms with van der Waals surface area (Å²) in [5, 5.41) is 0. The Kier molecular flexibility index (Phi) is 5.60. The Bertz CT molecular complexity index is 608. The average molecular weight is 445 g/mol. The van der Waals surface area contributed by atoms with Crippen LogP contribution in [0.15, 0.2) is 46.9 Å². The van der Waals surface area contributed by atoms with Gasteiger partial charge < -0.3 is 4.74 Å². The molecule has 0 aromatic heterocycles. The second kappa shape index (κ2) is 7.22. The van der Waals surface area contributed by atoms with E-state index in [4.69, 9.17) is 4.74 Å². The van der Waals surface area contributed by atoms with Gasteiger partial charge in [0.15, 0.2) is 5.78 Å². The summed E-state index contributed by atoms with van der Waals surface area (Å²) in [5.41, 5.74) is 1.35. The van der Waals surface area contributed by atoms with Crippen molar-refractivity contribution in [2.24, 2.45) is 0 Å². The maximum absolute atomic E-state index is 12.4. The lowest BCUT2D eigenvalue weighted by molar-refractivity contribution is 0.103.